The van der Waals surface area contributed by atoms with Crippen LogP contribution in [0.25, 0.3) is 0 Å². The zero-order valence-electron chi connectivity index (χ0n) is 16.4. The number of phenols is 1. The molecule has 154 valence electrons. The summed E-state index contributed by atoms with van der Waals surface area (Å²) in [5, 5.41) is 29.7. The minimum atomic E-state index is -0.613. The fourth-order valence-electron chi connectivity index (χ4n) is 4.93. The molecule has 4 aliphatic rings. The number of nitro benzene ring substituents is 1. The van der Waals surface area contributed by atoms with E-state index >= 15 is 0 Å². The van der Waals surface area contributed by atoms with E-state index in [2.05, 4.69) is 37.0 Å². The minimum Gasteiger partial charge on any atom is -0.502 e. The highest BCUT2D eigenvalue weighted by Crippen LogP contribution is 2.38. The highest BCUT2D eigenvalue weighted by Gasteiger charge is 2.51. The van der Waals surface area contributed by atoms with Crippen molar-refractivity contribution in [3.63, 3.8) is 0 Å². The molecule has 30 heavy (non-hydrogen) atoms. The van der Waals surface area contributed by atoms with Gasteiger partial charge in [0, 0.05) is 31.3 Å². The van der Waals surface area contributed by atoms with Crippen LogP contribution in [0, 0.1) is 15.5 Å². The number of rotatable bonds is 5. The molecule has 0 saturated carbocycles. The smallest absolute Gasteiger partial charge is 0.311 e. The molecule has 0 atom stereocenters. The van der Waals surface area contributed by atoms with Crippen LogP contribution in [-0.4, -0.2) is 76.3 Å². The fourth-order valence-corrected chi connectivity index (χ4v) is 4.93. The van der Waals surface area contributed by atoms with Crippen molar-refractivity contribution >= 4 is 17.6 Å². The number of phenolic OH excluding ortho intramolecular Hbond substituents is 1. The van der Waals surface area contributed by atoms with Gasteiger partial charge in [-0.1, -0.05) is 30.3 Å². The number of hydrogen-bond donors (Lipinski definition) is 1. The molecule has 9 heteroatoms. The molecule has 4 bridgehead atoms. The maximum Gasteiger partial charge on any atom is 0.311 e. The summed E-state index contributed by atoms with van der Waals surface area (Å²) in [6.45, 7) is 5.78. The molecule has 4 aliphatic heterocycles. The maximum absolute atomic E-state index is 11.1. The largest absolute Gasteiger partial charge is 0.502 e. The summed E-state index contributed by atoms with van der Waals surface area (Å²) in [4.78, 5) is 17.7. The topological polar surface area (TPSA) is 97.8 Å². The molecule has 9 nitrogen and oxygen atoms in total. The minimum absolute atomic E-state index is 0.131. The van der Waals surface area contributed by atoms with E-state index < -0.39 is 4.92 Å². The lowest BCUT2D eigenvalue weighted by atomic mass is 9.74. The average molecular weight is 406 g/mol. The summed E-state index contributed by atoms with van der Waals surface area (Å²) in [6, 6.07) is 14.3. The summed E-state index contributed by atoms with van der Waals surface area (Å²) in [6.07, 6.45) is 1.50. The zero-order chi connectivity index (χ0) is 20.7. The van der Waals surface area contributed by atoms with Gasteiger partial charge in [0.05, 0.1) is 42.3 Å². The van der Waals surface area contributed by atoms with E-state index in [9.17, 15) is 15.2 Å². The van der Waals surface area contributed by atoms with E-state index in [0.717, 1.165) is 50.9 Å². The monoisotopic (exact) mass is 406 g/mol. The molecule has 0 amide bonds. The maximum atomic E-state index is 11.1. The van der Waals surface area contributed by atoms with Gasteiger partial charge in [0.15, 0.2) is 5.75 Å². The third-order valence-corrected chi connectivity index (χ3v) is 5.89. The van der Waals surface area contributed by atoms with Crippen molar-refractivity contribution in [3.05, 3.63) is 69.8 Å². The summed E-state index contributed by atoms with van der Waals surface area (Å²) in [7, 11) is 0. The molecule has 0 aliphatic carbocycles. The summed E-state index contributed by atoms with van der Waals surface area (Å²) >= 11 is 0. The third-order valence-electron chi connectivity index (χ3n) is 5.89. The Bertz CT molecular complexity index is 1000. The lowest BCUT2D eigenvalue weighted by Gasteiger charge is -2.60. The normalized spacial score (nSPS) is 30.1. The summed E-state index contributed by atoms with van der Waals surface area (Å²) in [5.41, 5.74) is 2.01. The van der Waals surface area contributed by atoms with Gasteiger partial charge in [-0.2, -0.15) is 10.2 Å². The molecular formula is C21H22N6O3. The molecule has 0 radical (unpaired) electrons. The molecular weight excluding hydrogens is 384 g/mol. The number of nitrogens with zero attached hydrogens (tertiary/aromatic N) is 6. The Hall–Kier alpha value is -3.14. The molecule has 0 aromatic heterocycles. The van der Waals surface area contributed by atoms with Gasteiger partial charge < -0.3 is 5.11 Å². The van der Waals surface area contributed by atoms with Gasteiger partial charge in [-0.05, 0) is 17.7 Å². The molecule has 2 aromatic rings. The second-order valence-electron chi connectivity index (χ2n) is 8.26. The second kappa shape index (κ2) is 7.28. The Morgan fingerprint density at radius 3 is 2.27 bits per heavy atom. The van der Waals surface area contributed by atoms with Gasteiger partial charge in [-0.3, -0.25) is 24.8 Å². The van der Waals surface area contributed by atoms with Crippen molar-refractivity contribution in [2.75, 3.05) is 39.6 Å². The first-order valence-corrected chi connectivity index (χ1v) is 9.84. The Morgan fingerprint density at radius 1 is 1.03 bits per heavy atom. The van der Waals surface area contributed by atoms with Gasteiger partial charge >= 0.3 is 5.69 Å². The Labute approximate surface area is 173 Å². The van der Waals surface area contributed by atoms with E-state index in [0.29, 0.717) is 5.56 Å². The predicted molar refractivity (Wildman–Crippen MR) is 112 cm³/mol. The highest BCUT2D eigenvalue weighted by atomic mass is 16.6. The van der Waals surface area contributed by atoms with Gasteiger partial charge in [0.25, 0.3) is 0 Å². The fraction of sp³-hybridized carbons (Fsp3) is 0.333. The van der Waals surface area contributed by atoms with Crippen LogP contribution in [0.15, 0.2) is 58.7 Å². The molecule has 0 unspecified atom stereocenters. The quantitative estimate of drug-likeness (QED) is 0.463. The third kappa shape index (κ3) is 3.36. The standard InChI is InChI=1S/C21H22N6O3/c28-19-7-6-16(8-18(19)27(29)30)9-22-23-20(17-4-2-1-3-5-17)21-10-24-13-25(11-21)15-26(12-21)14-24/h1-9,28H,10-15H2/b22-9+,23-20-. The molecule has 4 heterocycles. The molecule has 4 saturated heterocycles. The van der Waals surface area contributed by atoms with E-state index in [1.807, 2.05) is 18.2 Å². The number of hydrogen-bond acceptors (Lipinski definition) is 8. The molecule has 2 aromatic carbocycles. The van der Waals surface area contributed by atoms with Gasteiger partial charge in [0.1, 0.15) is 0 Å². The van der Waals surface area contributed by atoms with Crippen molar-refractivity contribution in [3.8, 4) is 5.75 Å². The molecule has 6 rings (SSSR count). The van der Waals surface area contributed by atoms with Crippen LogP contribution < -0.4 is 0 Å². The second-order valence-corrected chi connectivity index (χ2v) is 8.26. The first-order valence-electron chi connectivity index (χ1n) is 9.84. The van der Waals surface area contributed by atoms with Crippen molar-refractivity contribution in [2.24, 2.45) is 15.6 Å². The van der Waals surface area contributed by atoms with Crippen molar-refractivity contribution in [1.29, 1.82) is 0 Å². The first kappa shape index (κ1) is 18.9. The number of nitro groups is 1. The van der Waals surface area contributed by atoms with Crippen LogP contribution in [0.5, 0.6) is 5.75 Å². The highest BCUT2D eigenvalue weighted by molar-refractivity contribution is 6.05. The molecule has 4 fully saturated rings. The van der Waals surface area contributed by atoms with Gasteiger partial charge in [-0.25, -0.2) is 0 Å². The van der Waals surface area contributed by atoms with Crippen LogP contribution in [0.4, 0.5) is 5.69 Å². The Kier molecular flexibility index (Phi) is 4.58. The van der Waals surface area contributed by atoms with Gasteiger partial charge in [-0.15, -0.1) is 0 Å². The Morgan fingerprint density at radius 2 is 1.67 bits per heavy atom. The van der Waals surface area contributed by atoms with Crippen molar-refractivity contribution < 1.29 is 10.0 Å². The van der Waals surface area contributed by atoms with Crippen LogP contribution >= 0.6 is 0 Å². The first-order chi connectivity index (χ1) is 14.5. The van der Waals surface area contributed by atoms with Crippen LogP contribution in [0.2, 0.25) is 0 Å². The predicted octanol–water partition coefficient (Wildman–Crippen LogP) is 1.93. The molecule has 1 N–H and O–H groups in total. The average Bonchev–Trinajstić information content (AvgIpc) is 2.71. The van der Waals surface area contributed by atoms with Crippen molar-refractivity contribution in [2.45, 2.75) is 0 Å². The van der Waals surface area contributed by atoms with Gasteiger partial charge in [0.2, 0.25) is 0 Å². The number of benzene rings is 2. The number of aromatic hydroxyl groups is 1. The van der Waals surface area contributed by atoms with Crippen LogP contribution in [0.1, 0.15) is 11.1 Å². The van der Waals surface area contributed by atoms with E-state index in [1.54, 1.807) is 6.07 Å². The van der Waals surface area contributed by atoms with E-state index in [1.165, 1.54) is 18.3 Å². The summed E-state index contributed by atoms with van der Waals surface area (Å²) < 4.78 is 0. The van der Waals surface area contributed by atoms with Crippen LogP contribution in [0.3, 0.4) is 0 Å². The molecule has 0 spiro atoms. The van der Waals surface area contributed by atoms with E-state index in [-0.39, 0.29) is 16.9 Å². The zero-order valence-corrected chi connectivity index (χ0v) is 16.4. The van der Waals surface area contributed by atoms with Crippen LogP contribution in [-0.2, 0) is 0 Å². The van der Waals surface area contributed by atoms with Crippen molar-refractivity contribution in [1.82, 2.24) is 14.7 Å². The lowest BCUT2D eigenvalue weighted by molar-refractivity contribution is -0.385. The SMILES string of the molecule is O=[N+]([O-])c1cc(/C=N/N=C(/c2ccccc2)C23CN4CN(CN(C4)C2)C3)ccc1O. The Balaban J connectivity index is 1.51. The van der Waals surface area contributed by atoms with E-state index in [4.69, 9.17) is 0 Å². The summed E-state index contributed by atoms with van der Waals surface area (Å²) in [5.74, 6) is -0.364. The lowest BCUT2D eigenvalue weighted by Crippen LogP contribution is -2.74.